The minimum Gasteiger partial charge on any atom is -0.497 e. The van der Waals surface area contributed by atoms with Gasteiger partial charge in [0, 0.05) is 17.4 Å². The van der Waals surface area contributed by atoms with Crippen LogP contribution in [0.25, 0.3) is 6.08 Å². The van der Waals surface area contributed by atoms with Gasteiger partial charge in [-0.05, 0) is 90.0 Å². The van der Waals surface area contributed by atoms with Crippen LogP contribution >= 0.6 is 22.6 Å². The van der Waals surface area contributed by atoms with E-state index in [1.54, 1.807) is 63.4 Å². The number of hydrogen-bond acceptors (Lipinski definition) is 7. The van der Waals surface area contributed by atoms with Gasteiger partial charge < -0.3 is 23.7 Å². The van der Waals surface area contributed by atoms with Crippen LogP contribution in [0.15, 0.2) is 73.3 Å². The van der Waals surface area contributed by atoms with Crippen molar-refractivity contribution in [1.82, 2.24) is 0 Å². The molecule has 3 aromatic rings. The maximum absolute atomic E-state index is 13.2. The van der Waals surface area contributed by atoms with Gasteiger partial charge in [0.1, 0.15) is 29.3 Å². The van der Waals surface area contributed by atoms with E-state index in [1.165, 1.54) is 0 Å². The second-order valence-electron chi connectivity index (χ2n) is 9.58. The highest BCUT2D eigenvalue weighted by molar-refractivity contribution is 14.1. The molecule has 0 aliphatic heterocycles. The minimum atomic E-state index is -1.19. The Kier molecular flexibility index (Phi) is 10.2. The lowest BCUT2D eigenvalue weighted by Gasteiger charge is -2.27. The van der Waals surface area contributed by atoms with Crippen molar-refractivity contribution in [1.29, 1.82) is 0 Å². The fourth-order valence-electron chi connectivity index (χ4n) is 3.64. The Balaban J connectivity index is 1.60. The molecule has 3 aromatic carbocycles. The van der Waals surface area contributed by atoms with Gasteiger partial charge in [0.25, 0.3) is 0 Å². The summed E-state index contributed by atoms with van der Waals surface area (Å²) in [6, 6.07) is 19.6. The van der Waals surface area contributed by atoms with Crippen LogP contribution < -0.4 is 9.47 Å². The van der Waals surface area contributed by atoms with E-state index in [0.717, 1.165) is 14.7 Å². The van der Waals surface area contributed by atoms with Gasteiger partial charge in [0.2, 0.25) is 5.79 Å². The Bertz CT molecular complexity index is 1310. The van der Waals surface area contributed by atoms with E-state index in [2.05, 4.69) is 29.2 Å². The predicted molar refractivity (Wildman–Crippen MR) is 158 cm³/mol. The van der Waals surface area contributed by atoms with Gasteiger partial charge in [-0.3, -0.25) is 0 Å². The van der Waals surface area contributed by atoms with Crippen molar-refractivity contribution >= 4 is 40.6 Å². The number of methoxy groups -OCH3 is 1. The number of halogens is 1. The van der Waals surface area contributed by atoms with E-state index in [4.69, 9.17) is 23.7 Å². The molecule has 0 unspecified atom stereocenters. The molecular weight excluding hydrogens is 611 g/mol. The van der Waals surface area contributed by atoms with Gasteiger partial charge in [0.05, 0.1) is 19.3 Å². The normalized spacial score (nSPS) is 11.4. The molecule has 0 spiro atoms. The number of rotatable bonds is 12. The monoisotopic (exact) mass is 644 g/mol. The molecule has 7 nitrogen and oxygen atoms in total. The summed E-state index contributed by atoms with van der Waals surface area (Å²) in [6.07, 6.45) is 1.70. The Morgan fingerprint density at radius 3 is 2.28 bits per heavy atom. The summed E-state index contributed by atoms with van der Waals surface area (Å²) in [6.45, 7) is 10.9. The number of carbonyl (C=O) groups excluding carboxylic acids is 2. The fourth-order valence-corrected chi connectivity index (χ4v) is 4.13. The molecule has 0 heterocycles. The van der Waals surface area contributed by atoms with Gasteiger partial charge in [-0.1, -0.05) is 36.9 Å². The summed E-state index contributed by atoms with van der Waals surface area (Å²) < 4.78 is 29.2. The molecule has 3 rings (SSSR count). The van der Waals surface area contributed by atoms with E-state index in [0.29, 0.717) is 22.6 Å². The van der Waals surface area contributed by atoms with Crippen LogP contribution in [-0.2, 0) is 19.8 Å². The number of esters is 2. The summed E-state index contributed by atoms with van der Waals surface area (Å²) in [5.41, 5.74) is 1.50. The number of benzene rings is 3. The highest BCUT2D eigenvalue weighted by Crippen LogP contribution is 2.31. The van der Waals surface area contributed by atoms with Gasteiger partial charge >= 0.3 is 11.9 Å². The molecule has 0 aromatic heterocycles. The summed E-state index contributed by atoms with van der Waals surface area (Å²) in [5, 5.41) is 0. The second-order valence-corrected chi connectivity index (χ2v) is 10.8. The van der Waals surface area contributed by atoms with E-state index in [9.17, 15) is 9.59 Å². The SMILES string of the molecule is C=Cc1ccc(C(=O)OC(C)(C)OCCOc2ccc(I)cc2C(=O)OC(C)(C)c2cccc(OC)c2)cc1. The molecule has 0 amide bonds. The van der Waals surface area contributed by atoms with Gasteiger partial charge in [-0.15, -0.1) is 0 Å². The average molecular weight is 645 g/mol. The van der Waals surface area contributed by atoms with Crippen molar-refractivity contribution in [2.75, 3.05) is 20.3 Å². The van der Waals surface area contributed by atoms with Crippen molar-refractivity contribution < 1.29 is 33.3 Å². The van der Waals surface area contributed by atoms with Crippen LogP contribution in [-0.4, -0.2) is 38.0 Å². The minimum absolute atomic E-state index is 0.117. The zero-order valence-electron chi connectivity index (χ0n) is 22.8. The summed E-state index contributed by atoms with van der Waals surface area (Å²) >= 11 is 2.13. The van der Waals surface area contributed by atoms with Crippen LogP contribution in [0.4, 0.5) is 0 Å². The van der Waals surface area contributed by atoms with Crippen LogP contribution in [0.1, 0.15) is 59.5 Å². The lowest BCUT2D eigenvalue weighted by atomic mass is 9.97. The topological polar surface area (TPSA) is 80.3 Å². The Morgan fingerprint density at radius 2 is 1.62 bits per heavy atom. The molecule has 206 valence electrons. The van der Waals surface area contributed by atoms with Crippen LogP contribution in [0, 0.1) is 3.57 Å². The van der Waals surface area contributed by atoms with Crippen molar-refractivity contribution in [2.45, 2.75) is 39.1 Å². The molecule has 0 aliphatic carbocycles. The Hall–Kier alpha value is -3.37. The molecule has 0 aliphatic rings. The highest BCUT2D eigenvalue weighted by Gasteiger charge is 2.29. The first-order valence-electron chi connectivity index (χ1n) is 12.3. The zero-order chi connectivity index (χ0) is 28.6. The van der Waals surface area contributed by atoms with Crippen molar-refractivity contribution in [3.05, 3.63) is 99.1 Å². The molecule has 8 heteroatoms. The first kappa shape index (κ1) is 30.2. The van der Waals surface area contributed by atoms with Crippen molar-refractivity contribution in [3.8, 4) is 11.5 Å². The third-order valence-electron chi connectivity index (χ3n) is 5.79. The fraction of sp³-hybridized carbons (Fsp3) is 0.290. The Morgan fingerprint density at radius 1 is 0.897 bits per heavy atom. The van der Waals surface area contributed by atoms with Gasteiger partial charge in [-0.2, -0.15) is 0 Å². The third kappa shape index (κ3) is 8.56. The lowest BCUT2D eigenvalue weighted by molar-refractivity contribution is -0.182. The number of ether oxygens (including phenoxy) is 5. The average Bonchev–Trinajstić information content (AvgIpc) is 2.91. The third-order valence-corrected chi connectivity index (χ3v) is 6.46. The molecule has 39 heavy (non-hydrogen) atoms. The predicted octanol–water partition coefficient (Wildman–Crippen LogP) is 7.02. The first-order chi connectivity index (χ1) is 18.4. The second kappa shape index (κ2) is 13.1. The van der Waals surface area contributed by atoms with Crippen molar-refractivity contribution in [2.24, 2.45) is 0 Å². The Labute approximate surface area is 243 Å². The highest BCUT2D eigenvalue weighted by atomic mass is 127. The summed E-state index contributed by atoms with van der Waals surface area (Å²) in [7, 11) is 1.59. The van der Waals surface area contributed by atoms with E-state index in [-0.39, 0.29) is 13.2 Å². The molecular formula is C31H33IO7. The molecule has 0 atom stereocenters. The van der Waals surface area contributed by atoms with Gasteiger partial charge in [0.15, 0.2) is 0 Å². The number of carbonyl (C=O) groups is 2. The maximum atomic E-state index is 13.2. The number of hydrogen-bond donors (Lipinski definition) is 0. The lowest BCUT2D eigenvalue weighted by Crippen LogP contribution is -2.33. The standard InChI is InChI=1S/C31H33IO7/c1-7-21-11-13-22(14-12-21)28(33)39-31(4,5)37-18-17-36-27-16-15-24(32)20-26(27)29(34)38-30(2,3)23-9-8-10-25(19-23)35-6/h7-16,19-20H,1,17-18H2,2-6H3. The van der Waals surface area contributed by atoms with Crippen molar-refractivity contribution in [3.63, 3.8) is 0 Å². The maximum Gasteiger partial charge on any atom is 0.342 e. The van der Waals surface area contributed by atoms with Gasteiger partial charge in [-0.25, -0.2) is 9.59 Å². The quantitative estimate of drug-likeness (QED) is 0.0908. The van der Waals surface area contributed by atoms with E-state index >= 15 is 0 Å². The molecule has 0 saturated carbocycles. The van der Waals surface area contributed by atoms with Crippen LogP contribution in [0.5, 0.6) is 11.5 Å². The van der Waals surface area contributed by atoms with Crippen LogP contribution in [0.2, 0.25) is 0 Å². The molecule has 0 saturated heterocycles. The molecule has 0 bridgehead atoms. The molecule has 0 fully saturated rings. The first-order valence-corrected chi connectivity index (χ1v) is 13.4. The largest absolute Gasteiger partial charge is 0.497 e. The van der Waals surface area contributed by atoms with E-state index in [1.807, 2.05) is 44.2 Å². The smallest absolute Gasteiger partial charge is 0.342 e. The zero-order valence-corrected chi connectivity index (χ0v) is 24.9. The van der Waals surface area contributed by atoms with E-state index < -0.39 is 23.3 Å². The van der Waals surface area contributed by atoms with Crippen LogP contribution in [0.3, 0.4) is 0 Å². The molecule has 0 N–H and O–H groups in total. The molecule has 0 radical (unpaired) electrons. The summed E-state index contributed by atoms with van der Waals surface area (Å²) in [5.74, 6) is -1.17. The summed E-state index contributed by atoms with van der Waals surface area (Å²) in [4.78, 5) is 25.7.